The molecule has 0 fully saturated rings. The molecule has 132 valence electrons. The van der Waals surface area contributed by atoms with Gasteiger partial charge in [0.15, 0.2) is 0 Å². The molecule has 26 heavy (non-hydrogen) atoms. The number of nitrogens with zero attached hydrogens (tertiary/aromatic N) is 2. The van der Waals surface area contributed by atoms with Gasteiger partial charge < -0.3 is 15.1 Å². The Bertz CT molecular complexity index is 966. The number of rotatable bonds is 3. The first-order valence-electron chi connectivity index (χ1n) is 8.34. The minimum absolute atomic E-state index is 0.246. The molecule has 0 saturated carbocycles. The van der Waals surface area contributed by atoms with E-state index in [1.54, 1.807) is 37.3 Å². The molecule has 0 bridgehead atoms. The zero-order valence-corrected chi connectivity index (χ0v) is 14.2. The van der Waals surface area contributed by atoms with Gasteiger partial charge in [0.25, 0.3) is 5.91 Å². The maximum absolute atomic E-state index is 14.0. The van der Waals surface area contributed by atoms with Crippen LogP contribution in [0.1, 0.15) is 27.4 Å². The number of nitrogens with one attached hydrogen (secondary N) is 2. The molecule has 0 saturated heterocycles. The molecule has 4 rings (SSSR count). The largest absolute Gasteiger partial charge is 0.421 e. The number of aryl methyl sites for hydroxylation is 1. The first-order chi connectivity index (χ1) is 12.6. The lowest BCUT2D eigenvalue weighted by Crippen LogP contribution is -2.27. The van der Waals surface area contributed by atoms with Crippen LogP contribution in [-0.4, -0.2) is 22.6 Å². The second kappa shape index (κ2) is 6.68. The van der Waals surface area contributed by atoms with Crippen LogP contribution < -0.4 is 10.6 Å². The number of fused-ring (bicyclic) bond motifs is 1. The van der Waals surface area contributed by atoms with Crippen LogP contribution in [0.15, 0.2) is 40.8 Å². The van der Waals surface area contributed by atoms with E-state index in [4.69, 9.17) is 4.42 Å². The number of amides is 1. The lowest BCUT2D eigenvalue weighted by molar-refractivity contribution is 0.102. The Morgan fingerprint density at radius 2 is 1.96 bits per heavy atom. The topological polar surface area (TPSA) is 80.0 Å². The summed E-state index contributed by atoms with van der Waals surface area (Å²) in [6.45, 7) is 2.90. The third-order valence-electron chi connectivity index (χ3n) is 4.39. The Morgan fingerprint density at radius 1 is 1.15 bits per heavy atom. The van der Waals surface area contributed by atoms with Gasteiger partial charge >= 0.3 is 0 Å². The number of hydrogen-bond acceptors (Lipinski definition) is 5. The van der Waals surface area contributed by atoms with E-state index in [2.05, 4.69) is 20.8 Å². The Hall–Kier alpha value is -3.06. The number of carbonyl (C=O) groups excluding carboxylic acids is 1. The highest BCUT2D eigenvalue weighted by atomic mass is 19.1. The number of benzene rings is 2. The molecule has 2 N–H and O–H groups in total. The molecule has 7 heteroatoms. The van der Waals surface area contributed by atoms with Crippen molar-refractivity contribution in [2.24, 2.45) is 0 Å². The monoisotopic (exact) mass is 352 g/mol. The number of halogens is 1. The molecule has 0 unspecified atom stereocenters. The maximum Gasteiger partial charge on any atom is 0.255 e. The molecule has 0 radical (unpaired) electrons. The van der Waals surface area contributed by atoms with E-state index in [1.807, 2.05) is 0 Å². The molecule has 1 aliphatic heterocycles. The summed E-state index contributed by atoms with van der Waals surface area (Å²) in [5.74, 6) is 0.404. The second-order valence-electron chi connectivity index (χ2n) is 6.14. The zero-order chi connectivity index (χ0) is 18.1. The Morgan fingerprint density at radius 3 is 2.69 bits per heavy atom. The fraction of sp³-hybridized carbons (Fsp3) is 0.211. The molecule has 6 nitrogen and oxygen atoms in total. The third-order valence-corrected chi connectivity index (χ3v) is 4.39. The highest BCUT2D eigenvalue weighted by Crippen LogP contribution is 2.24. The molecule has 0 aliphatic carbocycles. The SMILES string of the molecule is Cc1nnc(-c2ccc(NC(=O)c3ccc(F)c4c3CCNC4)cc2)o1. The van der Waals surface area contributed by atoms with Crippen LogP contribution in [0.2, 0.25) is 0 Å². The van der Waals surface area contributed by atoms with Gasteiger partial charge in [0.1, 0.15) is 5.82 Å². The fourth-order valence-corrected chi connectivity index (χ4v) is 3.09. The highest BCUT2D eigenvalue weighted by Gasteiger charge is 2.20. The van der Waals surface area contributed by atoms with Gasteiger partial charge in [-0.25, -0.2) is 4.39 Å². The van der Waals surface area contributed by atoms with Crippen molar-refractivity contribution in [2.75, 3.05) is 11.9 Å². The smallest absolute Gasteiger partial charge is 0.255 e. The third kappa shape index (κ3) is 3.09. The lowest BCUT2D eigenvalue weighted by Gasteiger charge is -2.20. The van der Waals surface area contributed by atoms with Gasteiger partial charge in [-0.2, -0.15) is 0 Å². The van der Waals surface area contributed by atoms with Crippen LogP contribution in [0.4, 0.5) is 10.1 Å². The summed E-state index contributed by atoms with van der Waals surface area (Å²) in [5.41, 5.74) is 3.28. The molecule has 1 aliphatic rings. The van der Waals surface area contributed by atoms with Crippen molar-refractivity contribution in [1.82, 2.24) is 15.5 Å². The standard InChI is InChI=1S/C19H17FN4O2/c1-11-23-24-19(26-11)12-2-4-13(5-3-12)22-18(25)15-6-7-17(20)16-10-21-9-8-14(15)16/h2-7,21H,8-10H2,1H3,(H,22,25). The average Bonchev–Trinajstić information content (AvgIpc) is 3.09. The van der Waals surface area contributed by atoms with Gasteiger partial charge in [-0.3, -0.25) is 4.79 Å². The molecule has 2 heterocycles. The summed E-state index contributed by atoms with van der Waals surface area (Å²) in [6.07, 6.45) is 0.630. The summed E-state index contributed by atoms with van der Waals surface area (Å²) in [5, 5.41) is 13.8. The van der Waals surface area contributed by atoms with Crippen molar-refractivity contribution >= 4 is 11.6 Å². The van der Waals surface area contributed by atoms with Crippen molar-refractivity contribution in [3.05, 3.63) is 64.8 Å². The number of aromatic nitrogens is 2. The predicted molar refractivity (Wildman–Crippen MR) is 94.2 cm³/mol. The van der Waals surface area contributed by atoms with Crippen molar-refractivity contribution in [2.45, 2.75) is 19.9 Å². The van der Waals surface area contributed by atoms with Gasteiger partial charge in [-0.15, -0.1) is 10.2 Å². The van der Waals surface area contributed by atoms with Gasteiger partial charge in [0.05, 0.1) is 0 Å². The summed E-state index contributed by atoms with van der Waals surface area (Å²) in [4.78, 5) is 12.7. The first-order valence-corrected chi connectivity index (χ1v) is 8.34. The molecular weight excluding hydrogens is 335 g/mol. The quantitative estimate of drug-likeness (QED) is 0.757. The molecule has 0 atom stereocenters. The molecule has 2 aromatic carbocycles. The molecular formula is C19H17FN4O2. The van der Waals surface area contributed by atoms with Gasteiger partial charge in [-0.1, -0.05) is 0 Å². The van der Waals surface area contributed by atoms with E-state index in [1.165, 1.54) is 6.07 Å². The molecule has 1 aromatic heterocycles. The van der Waals surface area contributed by atoms with Gasteiger partial charge in [0.2, 0.25) is 11.8 Å². The minimum atomic E-state index is -0.275. The van der Waals surface area contributed by atoms with E-state index in [0.29, 0.717) is 41.6 Å². The van der Waals surface area contributed by atoms with Crippen LogP contribution >= 0.6 is 0 Å². The molecule has 0 spiro atoms. The summed E-state index contributed by atoms with van der Waals surface area (Å²) >= 11 is 0. The van der Waals surface area contributed by atoms with Crippen LogP contribution in [0, 0.1) is 12.7 Å². The Balaban J connectivity index is 1.55. The van der Waals surface area contributed by atoms with E-state index in [9.17, 15) is 9.18 Å². The van der Waals surface area contributed by atoms with E-state index in [-0.39, 0.29) is 11.7 Å². The summed E-state index contributed by atoms with van der Waals surface area (Å²) in [7, 11) is 0. The first kappa shape index (κ1) is 16.4. The van der Waals surface area contributed by atoms with E-state index < -0.39 is 0 Å². The Labute approximate surface area is 149 Å². The normalized spacial score (nSPS) is 13.3. The van der Waals surface area contributed by atoms with Crippen LogP contribution in [-0.2, 0) is 13.0 Å². The van der Waals surface area contributed by atoms with Crippen LogP contribution in [0.3, 0.4) is 0 Å². The van der Waals surface area contributed by atoms with Crippen LogP contribution in [0.25, 0.3) is 11.5 Å². The van der Waals surface area contributed by atoms with E-state index in [0.717, 1.165) is 17.7 Å². The number of hydrogen-bond donors (Lipinski definition) is 2. The van der Waals surface area contributed by atoms with Crippen molar-refractivity contribution in [3.8, 4) is 11.5 Å². The van der Waals surface area contributed by atoms with Crippen molar-refractivity contribution in [1.29, 1.82) is 0 Å². The number of carbonyl (C=O) groups is 1. The fourth-order valence-electron chi connectivity index (χ4n) is 3.09. The zero-order valence-electron chi connectivity index (χ0n) is 14.2. The molecule has 1 amide bonds. The Kier molecular flexibility index (Phi) is 4.22. The maximum atomic E-state index is 14.0. The predicted octanol–water partition coefficient (Wildman–Crippen LogP) is 3.08. The van der Waals surface area contributed by atoms with Gasteiger partial charge in [0, 0.05) is 35.8 Å². The van der Waals surface area contributed by atoms with Gasteiger partial charge in [-0.05, 0) is 54.9 Å². The number of anilines is 1. The lowest BCUT2D eigenvalue weighted by atomic mass is 9.94. The minimum Gasteiger partial charge on any atom is -0.421 e. The average molecular weight is 352 g/mol. The van der Waals surface area contributed by atoms with Crippen molar-refractivity contribution < 1.29 is 13.6 Å². The van der Waals surface area contributed by atoms with E-state index >= 15 is 0 Å². The van der Waals surface area contributed by atoms with Crippen molar-refractivity contribution in [3.63, 3.8) is 0 Å². The van der Waals surface area contributed by atoms with Crippen LogP contribution in [0.5, 0.6) is 0 Å². The summed E-state index contributed by atoms with van der Waals surface area (Å²) < 4.78 is 19.3. The second-order valence-corrected chi connectivity index (χ2v) is 6.14. The summed E-state index contributed by atoms with van der Waals surface area (Å²) in [6, 6.07) is 10.0. The molecule has 3 aromatic rings. The highest BCUT2D eigenvalue weighted by molar-refractivity contribution is 6.05.